The van der Waals surface area contributed by atoms with Crippen molar-refractivity contribution in [3.05, 3.63) is 59.9 Å². The normalized spacial score (nSPS) is 15.2. The third-order valence-corrected chi connectivity index (χ3v) is 5.90. The highest BCUT2D eigenvalue weighted by molar-refractivity contribution is 7.90. The first kappa shape index (κ1) is 20.9. The number of quaternary nitrogens is 1. The fourth-order valence-corrected chi connectivity index (χ4v) is 3.91. The lowest BCUT2D eigenvalue weighted by molar-refractivity contribution is -0.895. The van der Waals surface area contributed by atoms with Crippen LogP contribution in [0.15, 0.2) is 53.4 Å². The third-order valence-electron chi connectivity index (χ3n) is 4.79. The number of anilines is 1. The Balaban J connectivity index is 1.54. The molecular formula is C20H23FN3O4S+. The van der Waals surface area contributed by atoms with Gasteiger partial charge in [0.2, 0.25) is 0 Å². The highest BCUT2D eigenvalue weighted by atomic mass is 32.2. The van der Waals surface area contributed by atoms with E-state index >= 15 is 0 Å². The van der Waals surface area contributed by atoms with Crippen LogP contribution in [0.4, 0.5) is 10.1 Å². The molecule has 1 fully saturated rings. The summed E-state index contributed by atoms with van der Waals surface area (Å²) in [6.07, 6.45) is 1.10. The summed E-state index contributed by atoms with van der Waals surface area (Å²) in [5, 5.41) is 2.67. The summed E-state index contributed by atoms with van der Waals surface area (Å²) in [5.74, 6) is -0.854. The van der Waals surface area contributed by atoms with Crippen LogP contribution in [0.5, 0.6) is 0 Å². The van der Waals surface area contributed by atoms with E-state index in [9.17, 15) is 22.4 Å². The van der Waals surface area contributed by atoms with Gasteiger partial charge in [0.1, 0.15) is 5.82 Å². The van der Waals surface area contributed by atoms with Gasteiger partial charge in [-0.05, 0) is 36.4 Å². The molecule has 2 aromatic rings. The predicted octanol–water partition coefficient (Wildman–Crippen LogP) is 0.209. The van der Waals surface area contributed by atoms with Crippen molar-refractivity contribution in [3.8, 4) is 0 Å². The Hall–Kier alpha value is -2.78. The summed E-state index contributed by atoms with van der Waals surface area (Å²) in [4.78, 5) is 27.7. The van der Waals surface area contributed by atoms with Crippen LogP contribution in [-0.2, 0) is 14.6 Å². The number of halogens is 1. The van der Waals surface area contributed by atoms with E-state index in [2.05, 4.69) is 5.32 Å². The molecule has 1 heterocycles. The van der Waals surface area contributed by atoms with Crippen molar-refractivity contribution in [2.45, 2.75) is 4.90 Å². The highest BCUT2D eigenvalue weighted by Gasteiger charge is 2.26. The molecule has 2 N–H and O–H groups in total. The van der Waals surface area contributed by atoms with Crippen molar-refractivity contribution in [2.24, 2.45) is 0 Å². The van der Waals surface area contributed by atoms with Crippen LogP contribution in [0.3, 0.4) is 0 Å². The Kier molecular flexibility index (Phi) is 6.29. The van der Waals surface area contributed by atoms with E-state index in [0.717, 1.165) is 11.2 Å². The number of piperazine rings is 1. The van der Waals surface area contributed by atoms with Crippen LogP contribution in [0.1, 0.15) is 10.4 Å². The van der Waals surface area contributed by atoms with Gasteiger partial charge in [0, 0.05) is 17.5 Å². The number of carbonyl (C=O) groups is 2. The number of nitrogens with one attached hydrogen (secondary N) is 2. The molecular weight excluding hydrogens is 397 g/mol. The predicted molar refractivity (Wildman–Crippen MR) is 106 cm³/mol. The van der Waals surface area contributed by atoms with Gasteiger partial charge in [0.05, 0.1) is 31.1 Å². The fraction of sp³-hybridized carbons (Fsp3) is 0.300. The zero-order valence-electron chi connectivity index (χ0n) is 16.0. The van der Waals surface area contributed by atoms with Crippen LogP contribution in [0.25, 0.3) is 0 Å². The smallest absolute Gasteiger partial charge is 0.279 e. The largest absolute Gasteiger partial charge is 0.327 e. The molecule has 0 bridgehead atoms. The SMILES string of the molecule is CS(=O)(=O)c1cccc(C(=O)N2CC[NH+](CC(=O)Nc3cccc(F)c3)CC2)c1. The maximum Gasteiger partial charge on any atom is 0.279 e. The summed E-state index contributed by atoms with van der Waals surface area (Å²) in [5.41, 5.74) is 0.745. The molecule has 0 radical (unpaired) electrons. The standard InChI is InChI=1S/C20H22FN3O4S/c1-29(27,28)18-7-2-4-15(12-18)20(26)24-10-8-23(9-11-24)14-19(25)22-17-6-3-5-16(21)13-17/h2-7,12-13H,8-11,14H2,1H3,(H,22,25)/p+1. The van der Waals surface area contributed by atoms with Crippen LogP contribution >= 0.6 is 0 Å². The molecule has 0 saturated carbocycles. The zero-order valence-corrected chi connectivity index (χ0v) is 16.8. The maximum absolute atomic E-state index is 13.2. The topological polar surface area (TPSA) is 88.0 Å². The summed E-state index contributed by atoms with van der Waals surface area (Å²) in [6, 6.07) is 11.7. The van der Waals surface area contributed by atoms with Gasteiger partial charge in [-0.2, -0.15) is 0 Å². The monoisotopic (exact) mass is 420 g/mol. The van der Waals surface area contributed by atoms with E-state index in [-0.39, 0.29) is 23.3 Å². The van der Waals surface area contributed by atoms with Gasteiger partial charge in [-0.1, -0.05) is 12.1 Å². The molecule has 0 aromatic heterocycles. The summed E-state index contributed by atoms with van der Waals surface area (Å²) < 4.78 is 36.6. The van der Waals surface area contributed by atoms with Crippen LogP contribution < -0.4 is 10.2 Å². The van der Waals surface area contributed by atoms with Gasteiger partial charge in [0.25, 0.3) is 11.8 Å². The number of benzene rings is 2. The second-order valence-corrected chi connectivity index (χ2v) is 9.09. The Labute approximate surface area is 169 Å². The average molecular weight is 420 g/mol. The van der Waals surface area contributed by atoms with Crippen molar-refractivity contribution in [3.63, 3.8) is 0 Å². The molecule has 2 aromatic carbocycles. The van der Waals surface area contributed by atoms with E-state index in [1.165, 1.54) is 30.3 Å². The summed E-state index contributed by atoms with van der Waals surface area (Å²) in [6.45, 7) is 2.33. The van der Waals surface area contributed by atoms with Crippen LogP contribution in [-0.4, -0.2) is 64.1 Å². The molecule has 7 nitrogen and oxygen atoms in total. The minimum absolute atomic E-state index is 0.113. The first-order valence-corrected chi connectivity index (χ1v) is 11.1. The second kappa shape index (κ2) is 8.71. The van der Waals surface area contributed by atoms with Gasteiger partial charge >= 0.3 is 0 Å². The lowest BCUT2D eigenvalue weighted by atomic mass is 10.2. The molecule has 3 rings (SSSR count). The number of hydrogen-bond donors (Lipinski definition) is 2. The molecule has 9 heteroatoms. The number of rotatable bonds is 5. The molecule has 1 saturated heterocycles. The average Bonchev–Trinajstić information content (AvgIpc) is 2.67. The quantitative estimate of drug-likeness (QED) is 0.724. The van der Waals surface area contributed by atoms with Gasteiger partial charge < -0.3 is 15.1 Å². The highest BCUT2D eigenvalue weighted by Crippen LogP contribution is 2.13. The maximum atomic E-state index is 13.2. The van der Waals surface area contributed by atoms with Gasteiger partial charge in [-0.15, -0.1) is 0 Å². The Bertz CT molecular complexity index is 1020. The number of carbonyl (C=O) groups excluding carboxylic acids is 2. The summed E-state index contributed by atoms with van der Waals surface area (Å²) in [7, 11) is -3.38. The number of hydrogen-bond acceptors (Lipinski definition) is 4. The molecule has 0 aliphatic carbocycles. The number of nitrogens with zero attached hydrogens (tertiary/aromatic N) is 1. The summed E-state index contributed by atoms with van der Waals surface area (Å²) >= 11 is 0. The molecule has 0 atom stereocenters. The lowest BCUT2D eigenvalue weighted by Crippen LogP contribution is -3.15. The first-order valence-electron chi connectivity index (χ1n) is 9.21. The molecule has 0 unspecified atom stereocenters. The Morgan fingerprint density at radius 1 is 1.10 bits per heavy atom. The third kappa shape index (κ3) is 5.61. The van der Waals surface area contributed by atoms with E-state index in [4.69, 9.17) is 0 Å². The van der Waals surface area contributed by atoms with Crippen LogP contribution in [0.2, 0.25) is 0 Å². The Morgan fingerprint density at radius 3 is 2.45 bits per heavy atom. The first-order chi connectivity index (χ1) is 13.7. The van der Waals surface area contributed by atoms with Crippen molar-refractivity contribution in [1.29, 1.82) is 0 Å². The van der Waals surface area contributed by atoms with Crippen molar-refractivity contribution >= 4 is 27.3 Å². The van der Waals surface area contributed by atoms with Crippen molar-refractivity contribution < 1.29 is 27.3 Å². The van der Waals surface area contributed by atoms with E-state index in [0.29, 0.717) is 37.4 Å². The van der Waals surface area contributed by atoms with Gasteiger partial charge in [-0.3, -0.25) is 9.59 Å². The van der Waals surface area contributed by atoms with E-state index < -0.39 is 15.7 Å². The van der Waals surface area contributed by atoms with Gasteiger partial charge in [0.15, 0.2) is 16.4 Å². The molecule has 154 valence electrons. The lowest BCUT2D eigenvalue weighted by Gasteiger charge is -2.32. The molecule has 1 aliphatic heterocycles. The van der Waals surface area contributed by atoms with Crippen molar-refractivity contribution in [1.82, 2.24) is 4.90 Å². The minimum atomic E-state index is -3.38. The van der Waals surface area contributed by atoms with E-state index in [1.54, 1.807) is 23.1 Å². The van der Waals surface area contributed by atoms with Crippen LogP contribution in [0, 0.1) is 5.82 Å². The zero-order chi connectivity index (χ0) is 21.0. The minimum Gasteiger partial charge on any atom is -0.327 e. The molecule has 1 aliphatic rings. The second-order valence-electron chi connectivity index (χ2n) is 7.08. The number of amides is 2. The molecule has 29 heavy (non-hydrogen) atoms. The van der Waals surface area contributed by atoms with E-state index in [1.807, 2.05) is 0 Å². The van der Waals surface area contributed by atoms with Gasteiger partial charge in [-0.25, -0.2) is 12.8 Å². The Morgan fingerprint density at radius 2 is 1.79 bits per heavy atom. The number of sulfone groups is 1. The molecule has 0 spiro atoms. The fourth-order valence-electron chi connectivity index (χ4n) is 3.24. The van der Waals surface area contributed by atoms with Crippen molar-refractivity contribution in [2.75, 3.05) is 44.3 Å². The molecule has 2 amide bonds.